The van der Waals surface area contributed by atoms with Gasteiger partial charge in [0.2, 0.25) is 5.91 Å². The van der Waals surface area contributed by atoms with Gasteiger partial charge in [-0.25, -0.2) is 0 Å². The van der Waals surface area contributed by atoms with Gasteiger partial charge >= 0.3 is 0 Å². The van der Waals surface area contributed by atoms with Crippen LogP contribution in [0.3, 0.4) is 0 Å². The standard InChI is InChI=1S/C17H26N2O2.ClH/c1-21-16(13-18)12-17(20)19-10-5-8-15(9-11-19)14-6-3-2-4-7-14;/h2-4,6-7,15-16H,5,8-13,18H2,1H3;1H. The first-order valence-electron chi connectivity index (χ1n) is 7.80. The molecule has 1 amide bonds. The molecule has 1 aromatic carbocycles. The van der Waals surface area contributed by atoms with Crippen molar-refractivity contribution < 1.29 is 9.53 Å². The maximum absolute atomic E-state index is 12.3. The third-order valence-electron chi connectivity index (χ3n) is 4.35. The predicted octanol–water partition coefficient (Wildman–Crippen LogP) is 2.57. The second-order valence-corrected chi connectivity index (χ2v) is 5.72. The third-order valence-corrected chi connectivity index (χ3v) is 4.35. The molecule has 2 unspecified atom stereocenters. The first-order valence-corrected chi connectivity index (χ1v) is 7.80. The zero-order chi connectivity index (χ0) is 15.1. The highest BCUT2D eigenvalue weighted by molar-refractivity contribution is 5.85. The number of nitrogens with zero attached hydrogens (tertiary/aromatic N) is 1. The molecule has 0 saturated carbocycles. The van der Waals surface area contributed by atoms with Crippen LogP contribution in [0.15, 0.2) is 30.3 Å². The van der Waals surface area contributed by atoms with Crippen molar-refractivity contribution in [1.82, 2.24) is 4.90 Å². The molecule has 2 rings (SSSR count). The van der Waals surface area contributed by atoms with E-state index in [9.17, 15) is 4.79 Å². The molecule has 124 valence electrons. The Balaban J connectivity index is 0.00000242. The molecule has 0 aliphatic carbocycles. The number of rotatable bonds is 5. The number of hydrogen-bond donors (Lipinski definition) is 1. The van der Waals surface area contributed by atoms with Crippen LogP contribution in [-0.2, 0) is 9.53 Å². The number of benzene rings is 1. The van der Waals surface area contributed by atoms with E-state index < -0.39 is 0 Å². The van der Waals surface area contributed by atoms with E-state index in [4.69, 9.17) is 10.5 Å². The molecule has 0 aromatic heterocycles. The molecule has 1 saturated heterocycles. The fourth-order valence-corrected chi connectivity index (χ4v) is 2.99. The Morgan fingerprint density at radius 1 is 1.32 bits per heavy atom. The largest absolute Gasteiger partial charge is 0.380 e. The molecule has 2 N–H and O–H groups in total. The number of likely N-dealkylation sites (tertiary alicyclic amines) is 1. The van der Waals surface area contributed by atoms with Crippen LogP contribution in [0.5, 0.6) is 0 Å². The van der Waals surface area contributed by atoms with Crippen LogP contribution in [0.2, 0.25) is 0 Å². The van der Waals surface area contributed by atoms with Gasteiger partial charge in [0.15, 0.2) is 0 Å². The minimum atomic E-state index is -0.161. The van der Waals surface area contributed by atoms with Crippen molar-refractivity contribution in [2.24, 2.45) is 5.73 Å². The smallest absolute Gasteiger partial charge is 0.225 e. The topological polar surface area (TPSA) is 55.6 Å². The highest BCUT2D eigenvalue weighted by Gasteiger charge is 2.23. The number of carbonyl (C=O) groups excluding carboxylic acids is 1. The molecule has 5 heteroatoms. The maximum Gasteiger partial charge on any atom is 0.225 e. The molecule has 1 aliphatic rings. The normalized spacial score (nSPS) is 19.9. The van der Waals surface area contributed by atoms with E-state index in [0.29, 0.717) is 18.9 Å². The van der Waals surface area contributed by atoms with Crippen molar-refractivity contribution in [2.45, 2.75) is 37.7 Å². The summed E-state index contributed by atoms with van der Waals surface area (Å²) in [7, 11) is 1.61. The lowest BCUT2D eigenvalue weighted by Gasteiger charge is -2.23. The second-order valence-electron chi connectivity index (χ2n) is 5.72. The molecule has 22 heavy (non-hydrogen) atoms. The number of ether oxygens (including phenoxy) is 1. The summed E-state index contributed by atoms with van der Waals surface area (Å²) < 4.78 is 5.21. The lowest BCUT2D eigenvalue weighted by atomic mass is 9.92. The van der Waals surface area contributed by atoms with E-state index >= 15 is 0 Å². The van der Waals surface area contributed by atoms with E-state index in [1.807, 2.05) is 11.0 Å². The summed E-state index contributed by atoms with van der Waals surface area (Å²) >= 11 is 0. The van der Waals surface area contributed by atoms with E-state index in [2.05, 4.69) is 24.3 Å². The van der Waals surface area contributed by atoms with Crippen LogP contribution in [0.4, 0.5) is 0 Å². The molecule has 2 atom stereocenters. The van der Waals surface area contributed by atoms with Crippen LogP contribution < -0.4 is 5.73 Å². The lowest BCUT2D eigenvalue weighted by molar-refractivity contribution is -0.133. The zero-order valence-corrected chi connectivity index (χ0v) is 14.1. The SMILES string of the molecule is COC(CN)CC(=O)N1CCCC(c2ccccc2)CC1.Cl. The molecule has 0 radical (unpaired) electrons. The first kappa shape index (κ1) is 18.9. The zero-order valence-electron chi connectivity index (χ0n) is 13.2. The van der Waals surface area contributed by atoms with Gasteiger partial charge in [-0.2, -0.15) is 0 Å². The van der Waals surface area contributed by atoms with Crippen LogP contribution in [0, 0.1) is 0 Å². The molecule has 1 fully saturated rings. The van der Waals surface area contributed by atoms with Crippen molar-refractivity contribution in [1.29, 1.82) is 0 Å². The predicted molar refractivity (Wildman–Crippen MR) is 91.3 cm³/mol. The van der Waals surface area contributed by atoms with E-state index in [1.165, 1.54) is 5.56 Å². The number of carbonyl (C=O) groups is 1. The summed E-state index contributed by atoms with van der Waals surface area (Å²) in [5.74, 6) is 0.734. The summed E-state index contributed by atoms with van der Waals surface area (Å²) in [6.45, 7) is 2.07. The number of halogens is 1. The van der Waals surface area contributed by atoms with E-state index in [0.717, 1.165) is 32.4 Å². The van der Waals surface area contributed by atoms with E-state index in [-0.39, 0.29) is 24.4 Å². The van der Waals surface area contributed by atoms with Gasteiger partial charge in [0.1, 0.15) is 0 Å². The van der Waals surface area contributed by atoms with Gasteiger partial charge in [-0.3, -0.25) is 4.79 Å². The third kappa shape index (κ3) is 5.27. The average molecular weight is 327 g/mol. The minimum Gasteiger partial charge on any atom is -0.380 e. The minimum absolute atomic E-state index is 0. The van der Waals surface area contributed by atoms with Crippen LogP contribution >= 0.6 is 12.4 Å². The van der Waals surface area contributed by atoms with Crippen molar-refractivity contribution >= 4 is 18.3 Å². The van der Waals surface area contributed by atoms with Crippen molar-refractivity contribution in [3.8, 4) is 0 Å². The van der Waals surface area contributed by atoms with Gasteiger partial charge < -0.3 is 15.4 Å². The molecule has 0 bridgehead atoms. The molecular weight excluding hydrogens is 300 g/mol. The number of hydrogen-bond acceptors (Lipinski definition) is 3. The summed E-state index contributed by atoms with van der Waals surface area (Å²) in [6, 6.07) is 10.6. The van der Waals surface area contributed by atoms with Gasteiger partial charge in [-0.1, -0.05) is 30.3 Å². The van der Waals surface area contributed by atoms with Crippen LogP contribution in [-0.4, -0.2) is 43.7 Å². The second kappa shape index (κ2) is 9.82. The molecule has 0 spiro atoms. The Hall–Kier alpha value is -1.10. The Morgan fingerprint density at radius 3 is 2.68 bits per heavy atom. The molecule has 1 aromatic rings. The highest BCUT2D eigenvalue weighted by atomic mass is 35.5. The first-order chi connectivity index (χ1) is 10.2. The van der Waals surface area contributed by atoms with Gasteiger partial charge in [0.05, 0.1) is 12.5 Å². The average Bonchev–Trinajstić information content (AvgIpc) is 2.79. The Kier molecular flexibility index (Phi) is 8.46. The number of nitrogens with two attached hydrogens (primary N) is 1. The molecule has 1 heterocycles. The Labute approximate surface area is 139 Å². The summed E-state index contributed by atoms with van der Waals surface area (Å²) in [6.07, 6.45) is 3.48. The van der Waals surface area contributed by atoms with Gasteiger partial charge in [-0.05, 0) is 30.7 Å². The molecular formula is C17H27ClN2O2. The van der Waals surface area contributed by atoms with Crippen LogP contribution in [0.25, 0.3) is 0 Å². The maximum atomic E-state index is 12.3. The van der Waals surface area contributed by atoms with Gasteiger partial charge in [0.25, 0.3) is 0 Å². The van der Waals surface area contributed by atoms with Crippen LogP contribution in [0.1, 0.15) is 37.2 Å². The number of amides is 1. The fraction of sp³-hybridized carbons (Fsp3) is 0.588. The molecule has 1 aliphatic heterocycles. The van der Waals surface area contributed by atoms with Gasteiger partial charge in [-0.15, -0.1) is 12.4 Å². The Bertz CT molecular complexity index is 438. The lowest BCUT2D eigenvalue weighted by Crippen LogP contribution is -2.36. The van der Waals surface area contributed by atoms with Crippen molar-refractivity contribution in [3.05, 3.63) is 35.9 Å². The Morgan fingerprint density at radius 2 is 2.05 bits per heavy atom. The van der Waals surface area contributed by atoms with Gasteiger partial charge in [0, 0.05) is 26.7 Å². The summed E-state index contributed by atoms with van der Waals surface area (Å²) in [5.41, 5.74) is 6.99. The fourth-order valence-electron chi connectivity index (χ4n) is 2.99. The summed E-state index contributed by atoms with van der Waals surface area (Å²) in [4.78, 5) is 14.3. The summed E-state index contributed by atoms with van der Waals surface area (Å²) in [5, 5.41) is 0. The number of methoxy groups -OCH3 is 1. The van der Waals surface area contributed by atoms with E-state index in [1.54, 1.807) is 7.11 Å². The van der Waals surface area contributed by atoms with Crippen molar-refractivity contribution in [3.63, 3.8) is 0 Å². The highest BCUT2D eigenvalue weighted by Crippen LogP contribution is 2.28. The monoisotopic (exact) mass is 326 g/mol. The molecule has 4 nitrogen and oxygen atoms in total. The van der Waals surface area contributed by atoms with Crippen molar-refractivity contribution in [2.75, 3.05) is 26.7 Å². The quantitative estimate of drug-likeness (QED) is 0.904.